The van der Waals surface area contributed by atoms with E-state index in [0.29, 0.717) is 13.2 Å². The van der Waals surface area contributed by atoms with E-state index in [-0.39, 0.29) is 0 Å². The van der Waals surface area contributed by atoms with Crippen molar-refractivity contribution in [2.45, 2.75) is 19.5 Å². The zero-order valence-electron chi connectivity index (χ0n) is 15.3. The van der Waals surface area contributed by atoms with E-state index in [1.807, 2.05) is 30.3 Å². The lowest BCUT2D eigenvalue weighted by atomic mass is 10.2. The van der Waals surface area contributed by atoms with Gasteiger partial charge >= 0.3 is 0 Å². The third-order valence-electron chi connectivity index (χ3n) is 4.36. The number of nitrogens with one attached hydrogen (secondary N) is 3. The molecule has 0 bridgehead atoms. The van der Waals surface area contributed by atoms with Crippen LogP contribution in [0.4, 0.5) is 0 Å². The number of para-hydroxylation sites is 2. The van der Waals surface area contributed by atoms with Crippen molar-refractivity contribution in [3.05, 3.63) is 59.7 Å². The molecule has 0 radical (unpaired) electrons. The molecular formula is C21H29N3O2. The quantitative estimate of drug-likeness (QED) is 0.677. The summed E-state index contributed by atoms with van der Waals surface area (Å²) in [7, 11) is 0. The molecule has 0 amide bonds. The fraction of sp³-hybridized carbons (Fsp3) is 0.429. The van der Waals surface area contributed by atoms with Crippen molar-refractivity contribution in [2.75, 3.05) is 39.4 Å². The normalized spacial score (nSPS) is 17.5. The van der Waals surface area contributed by atoms with E-state index in [0.717, 1.165) is 57.2 Å². The predicted molar refractivity (Wildman–Crippen MR) is 105 cm³/mol. The Morgan fingerprint density at radius 3 is 1.73 bits per heavy atom. The van der Waals surface area contributed by atoms with Crippen LogP contribution in [0.3, 0.4) is 0 Å². The Morgan fingerprint density at radius 1 is 0.577 bits per heavy atom. The van der Waals surface area contributed by atoms with E-state index in [1.54, 1.807) is 0 Å². The van der Waals surface area contributed by atoms with E-state index < -0.39 is 0 Å². The fourth-order valence-corrected chi connectivity index (χ4v) is 2.97. The van der Waals surface area contributed by atoms with Gasteiger partial charge in [-0.1, -0.05) is 36.4 Å². The first-order valence-electron chi connectivity index (χ1n) is 9.47. The molecule has 1 aliphatic heterocycles. The van der Waals surface area contributed by atoms with Crippen molar-refractivity contribution < 1.29 is 9.47 Å². The lowest BCUT2D eigenvalue weighted by molar-refractivity contribution is 0.214. The molecule has 5 nitrogen and oxygen atoms in total. The zero-order valence-corrected chi connectivity index (χ0v) is 15.3. The van der Waals surface area contributed by atoms with Gasteiger partial charge in [-0.25, -0.2) is 0 Å². The van der Waals surface area contributed by atoms with E-state index in [9.17, 15) is 0 Å². The highest BCUT2D eigenvalue weighted by Gasteiger charge is 2.05. The number of ether oxygens (including phenoxy) is 2. The maximum Gasteiger partial charge on any atom is 0.123 e. The van der Waals surface area contributed by atoms with Crippen LogP contribution in [0.25, 0.3) is 0 Å². The molecule has 1 aliphatic rings. The second kappa shape index (κ2) is 10.8. The molecule has 26 heavy (non-hydrogen) atoms. The second-order valence-corrected chi connectivity index (χ2v) is 6.37. The molecule has 0 saturated carbocycles. The van der Waals surface area contributed by atoms with Crippen molar-refractivity contribution in [1.29, 1.82) is 0 Å². The van der Waals surface area contributed by atoms with E-state index in [2.05, 4.69) is 34.1 Å². The van der Waals surface area contributed by atoms with E-state index in [1.165, 1.54) is 11.1 Å². The largest absolute Gasteiger partial charge is 0.490 e. The molecule has 0 unspecified atom stereocenters. The highest BCUT2D eigenvalue weighted by Crippen LogP contribution is 2.19. The highest BCUT2D eigenvalue weighted by atomic mass is 16.5. The van der Waals surface area contributed by atoms with Crippen molar-refractivity contribution in [1.82, 2.24) is 16.0 Å². The van der Waals surface area contributed by atoms with Gasteiger partial charge in [0.25, 0.3) is 0 Å². The van der Waals surface area contributed by atoms with Crippen molar-refractivity contribution >= 4 is 0 Å². The molecule has 0 aliphatic carbocycles. The monoisotopic (exact) mass is 355 g/mol. The molecule has 0 fully saturated rings. The average Bonchev–Trinajstić information content (AvgIpc) is 2.68. The Labute approximate surface area is 156 Å². The van der Waals surface area contributed by atoms with Crippen LogP contribution in [0.2, 0.25) is 0 Å². The number of benzene rings is 2. The number of rotatable bonds is 0. The van der Waals surface area contributed by atoms with Gasteiger partial charge in [0.15, 0.2) is 0 Å². The maximum atomic E-state index is 5.96. The zero-order chi connectivity index (χ0) is 17.9. The minimum Gasteiger partial charge on any atom is -0.490 e. The Bertz CT molecular complexity index is 606. The van der Waals surface area contributed by atoms with Crippen molar-refractivity contribution in [2.24, 2.45) is 0 Å². The predicted octanol–water partition coefficient (Wildman–Crippen LogP) is 2.32. The van der Waals surface area contributed by atoms with E-state index in [4.69, 9.17) is 9.47 Å². The van der Waals surface area contributed by atoms with E-state index >= 15 is 0 Å². The van der Waals surface area contributed by atoms with Crippen LogP contribution in [-0.4, -0.2) is 39.4 Å². The molecule has 3 N–H and O–H groups in total. The summed E-state index contributed by atoms with van der Waals surface area (Å²) >= 11 is 0. The summed E-state index contributed by atoms with van der Waals surface area (Å²) in [6, 6.07) is 16.4. The maximum absolute atomic E-state index is 5.96. The lowest BCUT2D eigenvalue weighted by Crippen LogP contribution is -2.29. The average molecular weight is 355 g/mol. The number of hydrogen-bond acceptors (Lipinski definition) is 5. The van der Waals surface area contributed by atoms with Crippen molar-refractivity contribution in [3.8, 4) is 11.5 Å². The molecule has 2 aromatic carbocycles. The Hall–Kier alpha value is -2.08. The minimum atomic E-state index is 0.528. The van der Waals surface area contributed by atoms with Gasteiger partial charge in [-0.2, -0.15) is 0 Å². The topological polar surface area (TPSA) is 54.5 Å². The standard InChI is InChI=1S/C21H29N3O2/c1-3-8-20-18(6-1)16-23-11-5-10-22-12-13-24-17-19-7-2-4-9-21(19)26-15-14-25-20/h1-4,6-9,22-24H,5,10-17H2. The number of fused-ring (bicyclic) bond motifs is 2. The van der Waals surface area contributed by atoms with Crippen LogP contribution in [0.1, 0.15) is 17.5 Å². The SMILES string of the molecule is c1ccc2c(c1)CNCCCNCCNCc1ccccc1OCCO2. The Kier molecular flexibility index (Phi) is 7.78. The third kappa shape index (κ3) is 6.02. The summed E-state index contributed by atoms with van der Waals surface area (Å²) in [4.78, 5) is 0. The summed E-state index contributed by atoms with van der Waals surface area (Å²) < 4.78 is 11.9. The van der Waals surface area contributed by atoms with Gasteiger partial charge in [0.2, 0.25) is 0 Å². The van der Waals surface area contributed by atoms with Crippen LogP contribution in [0.5, 0.6) is 11.5 Å². The first-order valence-corrected chi connectivity index (χ1v) is 9.47. The summed E-state index contributed by atoms with van der Waals surface area (Å²) in [6.45, 7) is 6.61. The van der Waals surface area contributed by atoms with Crippen LogP contribution in [0, 0.1) is 0 Å². The van der Waals surface area contributed by atoms with Crippen LogP contribution in [0.15, 0.2) is 48.5 Å². The third-order valence-corrected chi connectivity index (χ3v) is 4.36. The molecule has 3 rings (SSSR count). The molecular weight excluding hydrogens is 326 g/mol. The van der Waals surface area contributed by atoms with Crippen LogP contribution < -0.4 is 25.4 Å². The van der Waals surface area contributed by atoms with Crippen LogP contribution in [-0.2, 0) is 13.1 Å². The van der Waals surface area contributed by atoms with Crippen molar-refractivity contribution in [3.63, 3.8) is 0 Å². The molecule has 0 saturated heterocycles. The highest BCUT2D eigenvalue weighted by molar-refractivity contribution is 5.34. The molecule has 140 valence electrons. The summed E-state index contributed by atoms with van der Waals surface area (Å²) in [6.07, 6.45) is 1.11. The summed E-state index contributed by atoms with van der Waals surface area (Å²) in [5.41, 5.74) is 2.37. The molecule has 1 heterocycles. The summed E-state index contributed by atoms with van der Waals surface area (Å²) in [5, 5.41) is 10.4. The first kappa shape index (κ1) is 18.7. The Morgan fingerprint density at radius 2 is 1.08 bits per heavy atom. The van der Waals surface area contributed by atoms with Gasteiger partial charge in [-0.15, -0.1) is 0 Å². The second-order valence-electron chi connectivity index (χ2n) is 6.37. The first-order chi connectivity index (χ1) is 12.9. The number of hydrogen-bond donors (Lipinski definition) is 3. The van der Waals surface area contributed by atoms with Gasteiger partial charge in [0, 0.05) is 37.3 Å². The molecule has 0 spiro atoms. The fourth-order valence-electron chi connectivity index (χ4n) is 2.97. The minimum absolute atomic E-state index is 0.528. The van der Waals surface area contributed by atoms with Gasteiger partial charge < -0.3 is 25.4 Å². The smallest absolute Gasteiger partial charge is 0.123 e. The molecule has 2 aromatic rings. The van der Waals surface area contributed by atoms with Crippen LogP contribution >= 0.6 is 0 Å². The van der Waals surface area contributed by atoms with Gasteiger partial charge in [-0.3, -0.25) is 0 Å². The van der Waals surface area contributed by atoms with Gasteiger partial charge in [-0.05, 0) is 31.6 Å². The molecule has 0 aromatic heterocycles. The molecule has 5 heteroatoms. The molecule has 0 atom stereocenters. The van der Waals surface area contributed by atoms with Gasteiger partial charge in [0.05, 0.1) is 0 Å². The Balaban J connectivity index is 1.62. The van der Waals surface area contributed by atoms with Gasteiger partial charge in [0.1, 0.15) is 24.7 Å². The lowest BCUT2D eigenvalue weighted by Gasteiger charge is -2.15. The summed E-state index contributed by atoms with van der Waals surface area (Å²) in [5.74, 6) is 1.85.